The molecule has 0 saturated heterocycles. The third kappa shape index (κ3) is 3.65. The molecule has 1 aromatic carbocycles. The van der Waals surface area contributed by atoms with Gasteiger partial charge in [-0.3, -0.25) is 0 Å². The zero-order chi connectivity index (χ0) is 17.7. The molecule has 5 nitrogen and oxygen atoms in total. The number of benzene rings is 1. The topological polar surface area (TPSA) is 56.1 Å². The zero-order valence-corrected chi connectivity index (χ0v) is 15.2. The van der Waals surface area contributed by atoms with Crippen molar-refractivity contribution in [1.82, 2.24) is 10.2 Å². The van der Waals surface area contributed by atoms with E-state index in [1.807, 2.05) is 39.0 Å². The quantitative estimate of drug-likeness (QED) is 0.817. The summed E-state index contributed by atoms with van der Waals surface area (Å²) in [4.78, 5) is 4.08. The molecule has 0 radical (unpaired) electrons. The average molecular weight is 323 g/mol. The predicted octanol–water partition coefficient (Wildman–Crippen LogP) is 3.18. The summed E-state index contributed by atoms with van der Waals surface area (Å²) >= 11 is 0. The lowest BCUT2D eigenvalue weighted by molar-refractivity contribution is 0.819. The highest BCUT2D eigenvalue weighted by Crippen LogP contribution is 2.24. The molecule has 0 aliphatic carbocycles. The molecule has 0 fully saturated rings. The summed E-state index contributed by atoms with van der Waals surface area (Å²) in [7, 11) is 6.01. The Bertz CT molecular complexity index is 746. The molecule has 0 bridgehead atoms. The van der Waals surface area contributed by atoms with Crippen LogP contribution >= 0.6 is 0 Å². The molecule has 0 amide bonds. The Morgan fingerprint density at radius 2 is 1.83 bits per heavy atom. The molecule has 24 heavy (non-hydrogen) atoms. The molecular formula is C19H25N5. The summed E-state index contributed by atoms with van der Waals surface area (Å²) in [6.45, 7) is 4.78. The molecule has 2 aromatic rings. The van der Waals surface area contributed by atoms with E-state index in [2.05, 4.69) is 46.3 Å². The fourth-order valence-corrected chi connectivity index (χ4v) is 2.83. The first-order valence-corrected chi connectivity index (χ1v) is 8.27. The standard InChI is InChI=1S/C19H25N5/c1-6-16-17(12-20)19(22-21-18(16)7-2)24(5)13-14-9-8-10-15(11-14)23(3)4/h8-11H,6-7,13H2,1-5H3. The molecule has 0 unspecified atom stereocenters. The van der Waals surface area contributed by atoms with Crippen LogP contribution in [0.3, 0.4) is 0 Å². The number of nitrogens with zero attached hydrogens (tertiary/aromatic N) is 5. The van der Waals surface area contributed by atoms with E-state index in [1.54, 1.807) is 0 Å². The zero-order valence-electron chi connectivity index (χ0n) is 15.2. The molecule has 1 aromatic heterocycles. The van der Waals surface area contributed by atoms with Gasteiger partial charge in [-0.05, 0) is 36.1 Å². The predicted molar refractivity (Wildman–Crippen MR) is 98.4 cm³/mol. The summed E-state index contributed by atoms with van der Waals surface area (Å²) < 4.78 is 0. The minimum absolute atomic E-state index is 0.649. The van der Waals surface area contributed by atoms with E-state index in [4.69, 9.17) is 0 Å². The second-order valence-corrected chi connectivity index (χ2v) is 6.06. The van der Waals surface area contributed by atoms with E-state index in [9.17, 15) is 5.26 Å². The van der Waals surface area contributed by atoms with Crippen molar-refractivity contribution in [3.63, 3.8) is 0 Å². The third-order valence-corrected chi connectivity index (χ3v) is 4.15. The van der Waals surface area contributed by atoms with Gasteiger partial charge in [-0.15, -0.1) is 5.10 Å². The normalized spacial score (nSPS) is 10.3. The Morgan fingerprint density at radius 3 is 2.42 bits per heavy atom. The van der Waals surface area contributed by atoms with Gasteiger partial charge in [0.2, 0.25) is 0 Å². The maximum atomic E-state index is 9.63. The summed E-state index contributed by atoms with van der Waals surface area (Å²) in [5, 5.41) is 18.3. The number of aromatic nitrogens is 2. The van der Waals surface area contributed by atoms with Crippen LogP contribution in [-0.4, -0.2) is 31.3 Å². The van der Waals surface area contributed by atoms with Crippen LogP contribution in [0.25, 0.3) is 0 Å². The van der Waals surface area contributed by atoms with Gasteiger partial charge in [0.05, 0.1) is 5.69 Å². The molecule has 5 heteroatoms. The van der Waals surface area contributed by atoms with Gasteiger partial charge in [-0.1, -0.05) is 26.0 Å². The van der Waals surface area contributed by atoms with E-state index < -0.39 is 0 Å². The average Bonchev–Trinajstić information content (AvgIpc) is 2.60. The summed E-state index contributed by atoms with van der Waals surface area (Å²) in [5.41, 5.74) is 4.91. The third-order valence-electron chi connectivity index (χ3n) is 4.15. The maximum Gasteiger partial charge on any atom is 0.169 e. The van der Waals surface area contributed by atoms with Crippen LogP contribution in [0.1, 0.15) is 36.2 Å². The van der Waals surface area contributed by atoms with E-state index >= 15 is 0 Å². The van der Waals surface area contributed by atoms with Crippen molar-refractivity contribution in [1.29, 1.82) is 5.26 Å². The van der Waals surface area contributed by atoms with Crippen LogP contribution in [0.4, 0.5) is 11.5 Å². The van der Waals surface area contributed by atoms with Crippen molar-refractivity contribution in [3.05, 3.63) is 46.6 Å². The van der Waals surface area contributed by atoms with E-state index in [1.165, 1.54) is 5.56 Å². The molecule has 0 atom stereocenters. The fourth-order valence-electron chi connectivity index (χ4n) is 2.83. The van der Waals surface area contributed by atoms with Gasteiger partial charge in [0.25, 0.3) is 0 Å². The Labute approximate surface area is 144 Å². The largest absolute Gasteiger partial charge is 0.378 e. The highest BCUT2D eigenvalue weighted by molar-refractivity contribution is 5.58. The van der Waals surface area contributed by atoms with Crippen LogP contribution in [-0.2, 0) is 19.4 Å². The van der Waals surface area contributed by atoms with Crippen molar-refractivity contribution < 1.29 is 0 Å². The first kappa shape index (κ1) is 17.7. The Hall–Kier alpha value is -2.61. The van der Waals surface area contributed by atoms with Crippen molar-refractivity contribution in [2.75, 3.05) is 30.9 Å². The second-order valence-electron chi connectivity index (χ2n) is 6.06. The first-order valence-electron chi connectivity index (χ1n) is 8.27. The number of aryl methyl sites for hydroxylation is 1. The van der Waals surface area contributed by atoms with Gasteiger partial charge in [0, 0.05) is 33.4 Å². The van der Waals surface area contributed by atoms with Gasteiger partial charge in [-0.2, -0.15) is 10.4 Å². The summed E-state index contributed by atoms with van der Waals surface area (Å²) in [5.74, 6) is 0.654. The van der Waals surface area contributed by atoms with Crippen LogP contribution < -0.4 is 9.80 Å². The van der Waals surface area contributed by atoms with Crippen LogP contribution in [0.2, 0.25) is 0 Å². The molecular weight excluding hydrogens is 298 g/mol. The van der Waals surface area contributed by atoms with Crippen LogP contribution in [0, 0.1) is 11.3 Å². The highest BCUT2D eigenvalue weighted by Gasteiger charge is 2.17. The molecule has 0 saturated carbocycles. The Morgan fingerprint density at radius 1 is 1.08 bits per heavy atom. The number of anilines is 2. The first-order chi connectivity index (χ1) is 11.5. The minimum atomic E-state index is 0.649. The lowest BCUT2D eigenvalue weighted by Crippen LogP contribution is -2.21. The van der Waals surface area contributed by atoms with Gasteiger partial charge < -0.3 is 9.80 Å². The number of hydrogen-bond donors (Lipinski definition) is 0. The van der Waals surface area contributed by atoms with Crippen LogP contribution in [0.15, 0.2) is 24.3 Å². The van der Waals surface area contributed by atoms with Crippen molar-refractivity contribution in [2.45, 2.75) is 33.2 Å². The minimum Gasteiger partial charge on any atom is -0.378 e. The molecule has 126 valence electrons. The number of hydrogen-bond acceptors (Lipinski definition) is 5. The van der Waals surface area contributed by atoms with Gasteiger partial charge in [0.1, 0.15) is 11.6 Å². The smallest absolute Gasteiger partial charge is 0.169 e. The monoisotopic (exact) mass is 323 g/mol. The Kier molecular flexibility index (Phi) is 5.75. The van der Waals surface area contributed by atoms with E-state index in [0.717, 1.165) is 29.8 Å². The van der Waals surface area contributed by atoms with Gasteiger partial charge in [0.15, 0.2) is 5.82 Å². The number of rotatable bonds is 6. The van der Waals surface area contributed by atoms with E-state index in [-0.39, 0.29) is 0 Å². The SMILES string of the molecule is CCc1nnc(N(C)Cc2cccc(N(C)C)c2)c(C#N)c1CC. The second kappa shape index (κ2) is 7.78. The maximum absolute atomic E-state index is 9.63. The highest BCUT2D eigenvalue weighted by atomic mass is 15.2. The molecule has 2 rings (SSSR count). The van der Waals surface area contributed by atoms with Gasteiger partial charge >= 0.3 is 0 Å². The molecule has 0 spiro atoms. The Balaban J connectivity index is 2.35. The lowest BCUT2D eigenvalue weighted by Gasteiger charge is -2.22. The van der Waals surface area contributed by atoms with Crippen molar-refractivity contribution in [2.24, 2.45) is 0 Å². The van der Waals surface area contributed by atoms with Crippen molar-refractivity contribution >= 4 is 11.5 Å². The molecule has 0 aliphatic heterocycles. The number of nitriles is 1. The van der Waals surface area contributed by atoms with E-state index in [0.29, 0.717) is 17.9 Å². The fraction of sp³-hybridized carbons (Fsp3) is 0.421. The summed E-state index contributed by atoms with van der Waals surface area (Å²) in [6, 6.07) is 10.7. The van der Waals surface area contributed by atoms with Gasteiger partial charge in [-0.25, -0.2) is 0 Å². The summed E-state index contributed by atoms with van der Waals surface area (Å²) in [6.07, 6.45) is 1.58. The molecule has 0 N–H and O–H groups in total. The molecule has 1 heterocycles. The lowest BCUT2D eigenvalue weighted by atomic mass is 10.0. The van der Waals surface area contributed by atoms with Crippen molar-refractivity contribution in [3.8, 4) is 6.07 Å². The van der Waals surface area contributed by atoms with Crippen LogP contribution in [0.5, 0.6) is 0 Å². The molecule has 0 aliphatic rings.